The van der Waals surface area contributed by atoms with E-state index in [4.69, 9.17) is 5.26 Å². The molecule has 0 fully saturated rings. The molecule has 1 atom stereocenters. The lowest BCUT2D eigenvalue weighted by atomic mass is 9.97. The van der Waals surface area contributed by atoms with Gasteiger partial charge in [-0.3, -0.25) is 0 Å². The summed E-state index contributed by atoms with van der Waals surface area (Å²) in [5.41, 5.74) is 2.41. The van der Waals surface area contributed by atoms with E-state index in [1.165, 1.54) is 0 Å². The molecule has 1 unspecified atom stereocenters. The average molecular weight is 362 g/mol. The summed E-state index contributed by atoms with van der Waals surface area (Å²) in [4.78, 5) is 0.727. The predicted molar refractivity (Wildman–Crippen MR) is 82.9 cm³/mol. The molecule has 3 rings (SSSR count). The third-order valence-corrected chi connectivity index (χ3v) is 6.21. The Morgan fingerprint density at radius 1 is 1.14 bits per heavy atom. The largest absolute Gasteiger partial charge is 0.218 e. The zero-order chi connectivity index (χ0) is 15.2. The van der Waals surface area contributed by atoms with Crippen molar-refractivity contribution in [3.63, 3.8) is 0 Å². The fraction of sp³-hybridized carbons (Fsp3) is 0.188. The van der Waals surface area contributed by atoms with Gasteiger partial charge in [0.15, 0.2) is 0 Å². The molecule has 2 aromatic carbocycles. The Hall–Kier alpha value is -1.64. The van der Waals surface area contributed by atoms with Crippen LogP contribution in [0.25, 0.3) is 0 Å². The molecule has 1 aliphatic rings. The van der Waals surface area contributed by atoms with E-state index in [1.807, 2.05) is 19.1 Å². The highest BCUT2D eigenvalue weighted by atomic mass is 79.9. The number of rotatable bonds is 1. The summed E-state index contributed by atoms with van der Waals surface area (Å²) >= 11 is 3.38. The predicted octanol–water partition coefficient (Wildman–Crippen LogP) is 3.81. The van der Waals surface area contributed by atoms with Gasteiger partial charge in [-0.25, -0.2) is 8.42 Å². The summed E-state index contributed by atoms with van der Waals surface area (Å²) in [6, 6.07) is 12.6. The number of halogens is 1. The Balaban J connectivity index is 2.22. The molecule has 1 heterocycles. The monoisotopic (exact) mass is 361 g/mol. The number of hydrogen-bond acceptors (Lipinski definition) is 3. The van der Waals surface area contributed by atoms with Gasteiger partial charge in [-0.1, -0.05) is 28.1 Å². The van der Waals surface area contributed by atoms with E-state index in [-0.39, 0.29) is 5.92 Å². The van der Waals surface area contributed by atoms with Gasteiger partial charge < -0.3 is 0 Å². The topological polar surface area (TPSA) is 57.9 Å². The highest BCUT2D eigenvalue weighted by molar-refractivity contribution is 9.10. The van der Waals surface area contributed by atoms with Crippen LogP contribution in [0.3, 0.4) is 0 Å². The maximum atomic E-state index is 12.7. The van der Waals surface area contributed by atoms with Crippen molar-refractivity contribution in [2.45, 2.75) is 29.1 Å². The first-order valence-corrected chi connectivity index (χ1v) is 8.77. The Morgan fingerprint density at radius 3 is 2.43 bits per heavy atom. The van der Waals surface area contributed by atoms with Crippen LogP contribution in [0.1, 0.15) is 29.5 Å². The molecule has 0 saturated carbocycles. The van der Waals surface area contributed by atoms with E-state index in [2.05, 4.69) is 22.0 Å². The summed E-state index contributed by atoms with van der Waals surface area (Å²) in [7, 11) is -3.47. The molecule has 0 bridgehead atoms. The normalized spacial score (nSPS) is 16.4. The highest BCUT2D eigenvalue weighted by Gasteiger charge is 2.29. The van der Waals surface area contributed by atoms with Gasteiger partial charge in [0.25, 0.3) is 0 Å². The van der Waals surface area contributed by atoms with Crippen LogP contribution in [-0.4, -0.2) is 8.42 Å². The van der Waals surface area contributed by atoms with Gasteiger partial charge in [-0.2, -0.15) is 5.26 Å². The number of hydrogen-bond donors (Lipinski definition) is 0. The van der Waals surface area contributed by atoms with E-state index < -0.39 is 9.84 Å². The number of fused-ring (bicyclic) bond motifs is 2. The zero-order valence-corrected chi connectivity index (χ0v) is 13.7. The maximum absolute atomic E-state index is 12.7. The molecule has 0 amide bonds. The van der Waals surface area contributed by atoms with Gasteiger partial charge >= 0.3 is 0 Å². The van der Waals surface area contributed by atoms with E-state index in [0.717, 1.165) is 21.2 Å². The second-order valence-corrected chi connectivity index (χ2v) is 7.95. The Morgan fingerprint density at radius 2 is 1.76 bits per heavy atom. The molecular formula is C16H12BrNO2S. The average Bonchev–Trinajstić information content (AvgIpc) is 2.45. The molecule has 0 saturated heterocycles. The second kappa shape index (κ2) is 4.97. The Kier molecular flexibility index (Phi) is 3.39. The Bertz CT molecular complexity index is 882. The van der Waals surface area contributed by atoms with E-state index >= 15 is 0 Å². The summed E-state index contributed by atoms with van der Waals surface area (Å²) in [5, 5.41) is 9.01. The van der Waals surface area contributed by atoms with Crippen molar-refractivity contribution >= 4 is 25.8 Å². The van der Waals surface area contributed by atoms with E-state index in [9.17, 15) is 8.42 Å². The lowest BCUT2D eigenvalue weighted by Crippen LogP contribution is -2.15. The lowest BCUT2D eigenvalue weighted by molar-refractivity contribution is 0.591. The van der Waals surface area contributed by atoms with Crippen LogP contribution < -0.4 is 0 Å². The van der Waals surface area contributed by atoms with Gasteiger partial charge in [0.1, 0.15) is 0 Å². The third kappa shape index (κ3) is 2.29. The number of sulfone groups is 1. The van der Waals surface area contributed by atoms with Gasteiger partial charge in [-0.15, -0.1) is 0 Å². The molecular weight excluding hydrogens is 350 g/mol. The van der Waals surface area contributed by atoms with Gasteiger partial charge in [0, 0.05) is 10.9 Å². The first kappa shape index (κ1) is 14.3. The molecule has 0 radical (unpaired) electrons. The molecule has 2 aromatic rings. The van der Waals surface area contributed by atoms with Crippen LogP contribution in [-0.2, 0) is 16.3 Å². The lowest BCUT2D eigenvalue weighted by Gasteiger charge is -2.21. The molecule has 106 valence electrons. The smallest absolute Gasteiger partial charge is 0.207 e. The Labute approximate surface area is 132 Å². The summed E-state index contributed by atoms with van der Waals surface area (Å²) in [6.07, 6.45) is 0.565. The number of nitrogens with zero attached hydrogens (tertiary/aromatic N) is 1. The van der Waals surface area contributed by atoms with E-state index in [1.54, 1.807) is 24.3 Å². The molecule has 0 N–H and O–H groups in total. The van der Waals surface area contributed by atoms with Crippen LogP contribution in [0.4, 0.5) is 0 Å². The van der Waals surface area contributed by atoms with Gasteiger partial charge in [0.2, 0.25) is 9.84 Å². The van der Waals surface area contributed by atoms with Crippen molar-refractivity contribution < 1.29 is 8.42 Å². The number of benzene rings is 2. The molecule has 0 aromatic heterocycles. The quantitative estimate of drug-likeness (QED) is 0.661. The molecule has 21 heavy (non-hydrogen) atoms. The first-order chi connectivity index (χ1) is 9.93. The van der Waals surface area contributed by atoms with E-state index in [0.29, 0.717) is 16.2 Å². The molecule has 3 nitrogen and oxygen atoms in total. The maximum Gasteiger partial charge on any atom is 0.207 e. The fourth-order valence-corrected chi connectivity index (χ4v) is 4.71. The zero-order valence-electron chi connectivity index (χ0n) is 11.3. The van der Waals surface area contributed by atoms with Crippen molar-refractivity contribution in [2.24, 2.45) is 0 Å². The second-order valence-electron chi connectivity index (χ2n) is 5.15. The molecule has 0 aliphatic carbocycles. The fourth-order valence-electron chi connectivity index (χ4n) is 2.62. The van der Waals surface area contributed by atoms with Crippen molar-refractivity contribution in [3.05, 3.63) is 57.6 Å². The van der Waals surface area contributed by atoms with Crippen LogP contribution in [0.5, 0.6) is 0 Å². The van der Waals surface area contributed by atoms with Gasteiger partial charge in [0.05, 0.1) is 21.8 Å². The summed E-state index contributed by atoms with van der Waals surface area (Å²) < 4.78 is 26.2. The highest BCUT2D eigenvalue weighted by Crippen LogP contribution is 2.36. The van der Waals surface area contributed by atoms with Crippen LogP contribution >= 0.6 is 15.9 Å². The molecule has 1 aliphatic heterocycles. The van der Waals surface area contributed by atoms with Crippen LogP contribution in [0.15, 0.2) is 50.7 Å². The first-order valence-electron chi connectivity index (χ1n) is 6.49. The SMILES string of the molecule is CC(C#N)c1ccc2c(c1)Cc1cc(Br)ccc1S2(=O)=O. The minimum atomic E-state index is -3.47. The van der Waals surface area contributed by atoms with Crippen molar-refractivity contribution in [3.8, 4) is 6.07 Å². The third-order valence-electron chi connectivity index (χ3n) is 3.76. The minimum absolute atomic E-state index is 0.248. The van der Waals surface area contributed by atoms with Crippen molar-refractivity contribution in [1.82, 2.24) is 0 Å². The molecule has 5 heteroatoms. The minimum Gasteiger partial charge on any atom is -0.218 e. The number of nitriles is 1. The summed E-state index contributed by atoms with van der Waals surface area (Å²) in [6.45, 7) is 1.81. The van der Waals surface area contributed by atoms with Crippen molar-refractivity contribution in [1.29, 1.82) is 5.26 Å². The van der Waals surface area contributed by atoms with Crippen LogP contribution in [0.2, 0.25) is 0 Å². The standard InChI is InChI=1S/C16H12BrNO2S/c1-10(9-18)11-2-4-15-12(6-11)7-13-8-14(17)3-5-16(13)21(15,19)20/h2-6,8,10H,7H2,1H3. The molecule has 0 spiro atoms. The van der Waals surface area contributed by atoms with Crippen molar-refractivity contribution in [2.75, 3.05) is 0 Å². The van der Waals surface area contributed by atoms with Gasteiger partial charge in [-0.05, 0) is 47.9 Å². The van der Waals surface area contributed by atoms with Crippen LogP contribution in [0, 0.1) is 11.3 Å². The summed E-state index contributed by atoms with van der Waals surface area (Å²) in [5.74, 6) is -0.248.